The van der Waals surface area contributed by atoms with Crippen LogP contribution in [0, 0.1) is 0 Å². The van der Waals surface area contributed by atoms with Crippen LogP contribution in [0.4, 0.5) is 5.69 Å². The summed E-state index contributed by atoms with van der Waals surface area (Å²) in [6.07, 6.45) is 0.617. The second-order valence-corrected chi connectivity index (χ2v) is 4.19. The number of amides is 3. The van der Waals surface area contributed by atoms with Crippen LogP contribution in [-0.2, 0) is 14.4 Å². The maximum Gasteiger partial charge on any atom is 0.249 e. The maximum atomic E-state index is 11.8. The molecule has 1 unspecified atom stereocenters. The van der Waals surface area contributed by atoms with E-state index >= 15 is 0 Å². The summed E-state index contributed by atoms with van der Waals surface area (Å²) < 4.78 is 0. The largest absolute Gasteiger partial charge is 0.300 e. The first-order chi connectivity index (χ1) is 8.59. The Balaban J connectivity index is 2.29. The van der Waals surface area contributed by atoms with Crippen molar-refractivity contribution in [3.8, 4) is 0 Å². The second-order valence-electron chi connectivity index (χ2n) is 4.19. The Kier molecular flexibility index (Phi) is 3.41. The van der Waals surface area contributed by atoms with E-state index in [-0.39, 0.29) is 18.2 Å². The molecule has 1 aliphatic rings. The third-order valence-electron chi connectivity index (χ3n) is 2.90. The molecule has 1 aromatic rings. The molecule has 1 heterocycles. The molecule has 1 aromatic carbocycles. The summed E-state index contributed by atoms with van der Waals surface area (Å²) in [5.41, 5.74) is 0.666. The summed E-state index contributed by atoms with van der Waals surface area (Å²) in [6, 6.07) is 8.37. The van der Waals surface area contributed by atoms with Crippen LogP contribution in [0.5, 0.6) is 0 Å². The van der Waals surface area contributed by atoms with E-state index in [1.165, 1.54) is 11.8 Å². The fraction of sp³-hybridized carbons (Fsp3) is 0.308. The molecule has 1 N–H and O–H groups in total. The summed E-state index contributed by atoms with van der Waals surface area (Å²) in [4.78, 5) is 36.1. The number of carbonyl (C=O) groups is 3. The average Bonchev–Trinajstić information content (AvgIpc) is 2.33. The first-order valence-corrected chi connectivity index (χ1v) is 5.78. The molecule has 0 spiro atoms. The van der Waals surface area contributed by atoms with Crippen LogP contribution in [0.3, 0.4) is 0 Å². The van der Waals surface area contributed by atoms with Gasteiger partial charge in [0, 0.05) is 19.0 Å². The number of hydrogen-bond donors (Lipinski definition) is 1. The molecule has 3 amide bonds. The minimum atomic E-state index is -0.609. The van der Waals surface area contributed by atoms with Gasteiger partial charge in [-0.3, -0.25) is 19.7 Å². The van der Waals surface area contributed by atoms with Crippen molar-refractivity contribution in [3.63, 3.8) is 0 Å². The van der Waals surface area contributed by atoms with Gasteiger partial charge in [-0.25, -0.2) is 0 Å². The molecule has 18 heavy (non-hydrogen) atoms. The van der Waals surface area contributed by atoms with Crippen LogP contribution in [0.2, 0.25) is 0 Å². The molecule has 1 saturated heterocycles. The number of rotatable bonds is 2. The van der Waals surface area contributed by atoms with Gasteiger partial charge in [-0.15, -0.1) is 0 Å². The van der Waals surface area contributed by atoms with Crippen molar-refractivity contribution in [2.45, 2.75) is 25.8 Å². The van der Waals surface area contributed by atoms with Gasteiger partial charge in [0.25, 0.3) is 0 Å². The average molecular weight is 246 g/mol. The molecule has 0 aromatic heterocycles. The summed E-state index contributed by atoms with van der Waals surface area (Å²) >= 11 is 0. The molecule has 1 aliphatic heterocycles. The zero-order valence-electron chi connectivity index (χ0n) is 10.1. The molecule has 5 heteroatoms. The minimum Gasteiger partial charge on any atom is -0.300 e. The van der Waals surface area contributed by atoms with Gasteiger partial charge in [0.1, 0.15) is 6.04 Å². The predicted molar refractivity (Wildman–Crippen MR) is 65.8 cm³/mol. The number of nitrogens with zero attached hydrogens (tertiary/aromatic N) is 1. The number of imide groups is 1. The van der Waals surface area contributed by atoms with Crippen LogP contribution < -0.4 is 10.2 Å². The summed E-state index contributed by atoms with van der Waals surface area (Å²) in [5, 5.41) is 2.26. The molecule has 0 bridgehead atoms. The highest BCUT2D eigenvalue weighted by Gasteiger charge is 2.33. The second kappa shape index (κ2) is 5.00. The van der Waals surface area contributed by atoms with E-state index in [1.54, 1.807) is 24.3 Å². The predicted octanol–water partition coefficient (Wildman–Crippen LogP) is 0.845. The lowest BCUT2D eigenvalue weighted by Crippen LogP contribution is -2.54. The van der Waals surface area contributed by atoms with Gasteiger partial charge in [0.15, 0.2) is 0 Å². The standard InChI is InChI=1S/C13H14N2O3/c1-9(16)15(10-5-3-2-4-6-10)11-7-8-12(17)14-13(11)18/h2-6,11H,7-8H2,1H3,(H,14,17,18). The number of anilines is 1. The lowest BCUT2D eigenvalue weighted by Gasteiger charge is -2.32. The Morgan fingerprint density at radius 1 is 1.28 bits per heavy atom. The van der Waals surface area contributed by atoms with Crippen LogP contribution in [0.25, 0.3) is 0 Å². The Morgan fingerprint density at radius 2 is 1.94 bits per heavy atom. The zero-order chi connectivity index (χ0) is 13.1. The van der Waals surface area contributed by atoms with E-state index in [9.17, 15) is 14.4 Å². The van der Waals surface area contributed by atoms with E-state index in [0.29, 0.717) is 12.1 Å². The minimum absolute atomic E-state index is 0.212. The lowest BCUT2D eigenvalue weighted by molar-refractivity contribution is -0.135. The summed E-state index contributed by atoms with van der Waals surface area (Å²) in [7, 11) is 0. The summed E-state index contributed by atoms with van der Waals surface area (Å²) in [6.45, 7) is 1.41. The van der Waals surface area contributed by atoms with Crippen LogP contribution in [0.1, 0.15) is 19.8 Å². The van der Waals surface area contributed by atoms with Gasteiger partial charge in [-0.1, -0.05) is 18.2 Å². The van der Waals surface area contributed by atoms with Crippen molar-refractivity contribution in [1.82, 2.24) is 5.32 Å². The monoisotopic (exact) mass is 246 g/mol. The third-order valence-corrected chi connectivity index (χ3v) is 2.90. The van der Waals surface area contributed by atoms with Gasteiger partial charge < -0.3 is 4.90 Å². The van der Waals surface area contributed by atoms with Crippen LogP contribution >= 0.6 is 0 Å². The van der Waals surface area contributed by atoms with Crippen molar-refractivity contribution in [1.29, 1.82) is 0 Å². The molecule has 0 aliphatic carbocycles. The highest BCUT2D eigenvalue weighted by atomic mass is 16.2. The van der Waals surface area contributed by atoms with Crippen LogP contribution in [-0.4, -0.2) is 23.8 Å². The van der Waals surface area contributed by atoms with Gasteiger partial charge >= 0.3 is 0 Å². The van der Waals surface area contributed by atoms with E-state index < -0.39 is 11.9 Å². The van der Waals surface area contributed by atoms with Crippen molar-refractivity contribution in [2.24, 2.45) is 0 Å². The normalized spacial score (nSPS) is 19.3. The van der Waals surface area contributed by atoms with E-state index in [4.69, 9.17) is 0 Å². The molecule has 0 saturated carbocycles. The van der Waals surface area contributed by atoms with Crippen molar-refractivity contribution < 1.29 is 14.4 Å². The molecule has 94 valence electrons. The summed E-state index contributed by atoms with van der Waals surface area (Å²) in [5.74, 6) is -0.909. The highest BCUT2D eigenvalue weighted by Crippen LogP contribution is 2.21. The maximum absolute atomic E-state index is 11.8. The van der Waals surface area contributed by atoms with Crippen molar-refractivity contribution >= 4 is 23.4 Å². The molecule has 5 nitrogen and oxygen atoms in total. The SMILES string of the molecule is CC(=O)N(c1ccccc1)C1CCC(=O)NC1=O. The Morgan fingerprint density at radius 3 is 2.50 bits per heavy atom. The van der Waals surface area contributed by atoms with Gasteiger partial charge in [0.05, 0.1) is 0 Å². The smallest absolute Gasteiger partial charge is 0.249 e. The van der Waals surface area contributed by atoms with Gasteiger partial charge in [0.2, 0.25) is 17.7 Å². The Labute approximate surface area is 105 Å². The Bertz CT molecular complexity index is 484. The number of nitrogens with one attached hydrogen (secondary N) is 1. The molecule has 0 radical (unpaired) electrons. The number of hydrogen-bond acceptors (Lipinski definition) is 3. The fourth-order valence-corrected chi connectivity index (χ4v) is 2.10. The molecule has 2 rings (SSSR count). The highest BCUT2D eigenvalue weighted by molar-refractivity contribution is 6.06. The molecular formula is C13H14N2O3. The first kappa shape index (κ1) is 12.3. The van der Waals surface area contributed by atoms with Crippen LogP contribution in [0.15, 0.2) is 30.3 Å². The van der Waals surface area contributed by atoms with Gasteiger partial charge in [-0.05, 0) is 18.6 Å². The molecule has 1 fully saturated rings. The molecular weight excluding hydrogens is 232 g/mol. The lowest BCUT2D eigenvalue weighted by atomic mass is 10.0. The number of benzene rings is 1. The number of carbonyl (C=O) groups excluding carboxylic acids is 3. The molecule has 1 atom stereocenters. The van der Waals surface area contributed by atoms with E-state index in [1.807, 2.05) is 6.07 Å². The zero-order valence-corrected chi connectivity index (χ0v) is 10.1. The quantitative estimate of drug-likeness (QED) is 0.786. The fourth-order valence-electron chi connectivity index (χ4n) is 2.10. The number of para-hydroxylation sites is 1. The first-order valence-electron chi connectivity index (χ1n) is 5.78. The van der Waals surface area contributed by atoms with Gasteiger partial charge in [-0.2, -0.15) is 0 Å². The van der Waals surface area contributed by atoms with E-state index in [2.05, 4.69) is 5.32 Å². The van der Waals surface area contributed by atoms with Crippen molar-refractivity contribution in [2.75, 3.05) is 4.90 Å². The number of piperidine rings is 1. The Hall–Kier alpha value is -2.17. The topological polar surface area (TPSA) is 66.5 Å². The van der Waals surface area contributed by atoms with Crippen molar-refractivity contribution in [3.05, 3.63) is 30.3 Å². The van der Waals surface area contributed by atoms with E-state index in [0.717, 1.165) is 0 Å². The third kappa shape index (κ3) is 2.40.